The molecular weight excluding hydrogens is 644 g/mol. The molecule has 3 aromatic carbocycles. The van der Waals surface area contributed by atoms with E-state index in [9.17, 15) is 4.79 Å². The molecule has 0 saturated carbocycles. The van der Waals surface area contributed by atoms with Crippen LogP contribution >= 0.6 is 0 Å². The number of benzene rings is 3. The molecule has 0 bridgehead atoms. The maximum atomic E-state index is 12.7. The standard InChI is InChI=1S/C24H20N4O3.C15H14N4O/c1-28-15-18(14-26-28)22-13-21(7-9-25-22)31-20-4-2-3-19(12-20)27-24(29)17-5-6-23-16(11-17)8-10-30-23;1-19-10-11(9-18-19)15-8-14(5-6-17-15)20-13-4-2-3-12(16)7-13/h2-7,9,11-15H,8,10H2,1H3,(H,27,29);2-10H,16H2,1H3. The molecule has 3 N–H and O–H groups in total. The molecule has 5 heterocycles. The van der Waals surface area contributed by atoms with Gasteiger partial charge in [0, 0.05) is 97.6 Å². The molecule has 8 rings (SSSR count). The Kier molecular flexibility index (Phi) is 9.37. The molecule has 1 aliphatic rings. The summed E-state index contributed by atoms with van der Waals surface area (Å²) >= 11 is 0. The highest BCUT2D eigenvalue weighted by Crippen LogP contribution is 2.29. The fourth-order valence-corrected chi connectivity index (χ4v) is 5.39. The molecule has 12 heteroatoms. The summed E-state index contributed by atoms with van der Waals surface area (Å²) in [6.45, 7) is 0.664. The van der Waals surface area contributed by atoms with Gasteiger partial charge < -0.3 is 25.3 Å². The topological polar surface area (TPSA) is 144 Å². The predicted octanol–water partition coefficient (Wildman–Crippen LogP) is 7.32. The molecule has 254 valence electrons. The summed E-state index contributed by atoms with van der Waals surface area (Å²) in [6.07, 6.45) is 11.6. The van der Waals surface area contributed by atoms with Crippen molar-refractivity contribution in [1.29, 1.82) is 0 Å². The second-order valence-electron chi connectivity index (χ2n) is 11.7. The molecule has 0 spiro atoms. The number of pyridine rings is 2. The molecule has 0 atom stereocenters. The lowest BCUT2D eigenvalue weighted by molar-refractivity contribution is 0.102. The first kappa shape index (κ1) is 32.6. The average molecular weight is 679 g/mol. The van der Waals surface area contributed by atoms with Gasteiger partial charge in [-0.1, -0.05) is 12.1 Å². The van der Waals surface area contributed by atoms with Crippen LogP contribution in [0.2, 0.25) is 0 Å². The van der Waals surface area contributed by atoms with E-state index in [4.69, 9.17) is 19.9 Å². The highest BCUT2D eigenvalue weighted by Gasteiger charge is 2.15. The summed E-state index contributed by atoms with van der Waals surface area (Å²) in [7, 11) is 3.73. The summed E-state index contributed by atoms with van der Waals surface area (Å²) in [5.74, 6) is 3.36. The molecule has 0 saturated heterocycles. The van der Waals surface area contributed by atoms with Crippen molar-refractivity contribution < 1.29 is 19.0 Å². The number of nitrogen functional groups attached to an aromatic ring is 1. The van der Waals surface area contributed by atoms with E-state index in [1.807, 2.05) is 93.2 Å². The van der Waals surface area contributed by atoms with Crippen LogP contribution in [0.25, 0.3) is 22.5 Å². The Morgan fingerprint density at radius 1 is 0.745 bits per heavy atom. The van der Waals surface area contributed by atoms with Crippen LogP contribution in [0.5, 0.6) is 28.7 Å². The Hall–Kier alpha value is -6.95. The van der Waals surface area contributed by atoms with Crippen LogP contribution in [0.15, 0.2) is 128 Å². The summed E-state index contributed by atoms with van der Waals surface area (Å²) in [4.78, 5) is 21.4. The number of amides is 1. The number of rotatable bonds is 8. The predicted molar refractivity (Wildman–Crippen MR) is 194 cm³/mol. The van der Waals surface area contributed by atoms with Gasteiger partial charge in [0.2, 0.25) is 0 Å². The van der Waals surface area contributed by atoms with Crippen LogP contribution in [0.4, 0.5) is 11.4 Å². The van der Waals surface area contributed by atoms with Crippen molar-refractivity contribution in [2.75, 3.05) is 17.7 Å². The first-order valence-electron chi connectivity index (χ1n) is 16.1. The lowest BCUT2D eigenvalue weighted by Gasteiger charge is -2.10. The molecule has 1 amide bonds. The maximum absolute atomic E-state index is 12.7. The minimum Gasteiger partial charge on any atom is -0.493 e. The number of nitrogens with one attached hydrogen (secondary N) is 1. The van der Waals surface area contributed by atoms with Crippen LogP contribution in [0.3, 0.4) is 0 Å². The van der Waals surface area contributed by atoms with Crippen LogP contribution in [-0.2, 0) is 20.5 Å². The summed E-state index contributed by atoms with van der Waals surface area (Å²) < 4.78 is 20.8. The third kappa shape index (κ3) is 8.20. The van der Waals surface area contributed by atoms with Gasteiger partial charge in [-0.2, -0.15) is 10.2 Å². The zero-order valence-electron chi connectivity index (χ0n) is 27.9. The van der Waals surface area contributed by atoms with Crippen molar-refractivity contribution in [3.05, 3.63) is 139 Å². The first-order chi connectivity index (χ1) is 24.8. The van der Waals surface area contributed by atoms with E-state index in [0.29, 0.717) is 46.5 Å². The summed E-state index contributed by atoms with van der Waals surface area (Å²) in [6, 6.07) is 27.4. The Labute approximate surface area is 294 Å². The Balaban J connectivity index is 0.000000175. The zero-order chi connectivity index (χ0) is 35.2. The summed E-state index contributed by atoms with van der Waals surface area (Å²) in [5.41, 5.74) is 12.2. The normalized spacial score (nSPS) is 11.5. The number of aryl methyl sites for hydroxylation is 2. The highest BCUT2D eigenvalue weighted by molar-refractivity contribution is 6.04. The lowest BCUT2D eigenvalue weighted by Crippen LogP contribution is -2.12. The number of hydrogen-bond donors (Lipinski definition) is 2. The fourth-order valence-electron chi connectivity index (χ4n) is 5.39. The third-order valence-corrected chi connectivity index (χ3v) is 7.84. The smallest absolute Gasteiger partial charge is 0.255 e. The number of nitrogens with two attached hydrogens (primary N) is 1. The molecule has 1 aliphatic heterocycles. The van der Waals surface area contributed by atoms with Crippen molar-refractivity contribution >= 4 is 17.3 Å². The molecule has 0 radical (unpaired) electrons. The molecule has 0 unspecified atom stereocenters. The van der Waals surface area contributed by atoms with E-state index in [-0.39, 0.29) is 5.91 Å². The average Bonchev–Trinajstić information content (AvgIpc) is 3.90. The van der Waals surface area contributed by atoms with Crippen molar-refractivity contribution in [2.45, 2.75) is 6.42 Å². The van der Waals surface area contributed by atoms with E-state index in [0.717, 1.165) is 40.2 Å². The molecule has 51 heavy (non-hydrogen) atoms. The number of anilines is 2. The third-order valence-electron chi connectivity index (χ3n) is 7.84. The van der Waals surface area contributed by atoms with Crippen LogP contribution < -0.4 is 25.3 Å². The van der Waals surface area contributed by atoms with Gasteiger partial charge in [-0.05, 0) is 60.2 Å². The van der Waals surface area contributed by atoms with Crippen molar-refractivity contribution in [1.82, 2.24) is 29.5 Å². The second-order valence-corrected chi connectivity index (χ2v) is 11.7. The number of nitrogens with zero attached hydrogens (tertiary/aromatic N) is 6. The van der Waals surface area contributed by atoms with E-state index in [1.54, 1.807) is 58.4 Å². The van der Waals surface area contributed by atoms with Gasteiger partial charge in [-0.15, -0.1) is 0 Å². The molecule has 12 nitrogen and oxygen atoms in total. The Morgan fingerprint density at radius 3 is 1.96 bits per heavy atom. The van der Waals surface area contributed by atoms with Crippen molar-refractivity contribution in [3.63, 3.8) is 0 Å². The van der Waals surface area contributed by atoms with Gasteiger partial charge in [-0.3, -0.25) is 24.1 Å². The molecular formula is C39H34N8O4. The van der Waals surface area contributed by atoms with Gasteiger partial charge >= 0.3 is 0 Å². The zero-order valence-corrected chi connectivity index (χ0v) is 27.9. The maximum Gasteiger partial charge on any atom is 0.255 e. The highest BCUT2D eigenvalue weighted by atomic mass is 16.5. The number of carbonyl (C=O) groups excluding carboxylic acids is 1. The molecule has 0 aliphatic carbocycles. The van der Waals surface area contributed by atoms with Gasteiger partial charge in [0.05, 0.1) is 30.4 Å². The van der Waals surface area contributed by atoms with Gasteiger partial charge in [0.25, 0.3) is 5.91 Å². The van der Waals surface area contributed by atoms with Crippen molar-refractivity contribution in [3.8, 4) is 51.3 Å². The van der Waals surface area contributed by atoms with Crippen molar-refractivity contribution in [2.24, 2.45) is 14.1 Å². The second kappa shape index (κ2) is 14.7. The Bertz CT molecular complexity index is 2310. The minimum absolute atomic E-state index is 0.172. The van der Waals surface area contributed by atoms with Crippen LogP contribution in [-0.4, -0.2) is 42.0 Å². The van der Waals surface area contributed by atoms with Crippen LogP contribution in [0.1, 0.15) is 15.9 Å². The summed E-state index contributed by atoms with van der Waals surface area (Å²) in [5, 5.41) is 11.2. The lowest BCUT2D eigenvalue weighted by atomic mass is 10.1. The minimum atomic E-state index is -0.172. The fraction of sp³-hybridized carbons (Fsp3) is 0.103. The quantitative estimate of drug-likeness (QED) is 0.158. The number of aromatic nitrogens is 6. The number of carbonyl (C=O) groups is 1. The van der Waals surface area contributed by atoms with E-state index < -0.39 is 0 Å². The molecule has 0 fully saturated rings. The molecule has 4 aromatic heterocycles. The largest absolute Gasteiger partial charge is 0.493 e. The van der Waals surface area contributed by atoms with Gasteiger partial charge in [0.1, 0.15) is 28.7 Å². The number of hydrogen-bond acceptors (Lipinski definition) is 9. The van der Waals surface area contributed by atoms with Crippen LogP contribution in [0, 0.1) is 0 Å². The van der Waals surface area contributed by atoms with E-state index in [2.05, 4.69) is 25.5 Å². The van der Waals surface area contributed by atoms with Gasteiger partial charge in [-0.25, -0.2) is 0 Å². The molecule has 7 aromatic rings. The monoisotopic (exact) mass is 678 g/mol. The van der Waals surface area contributed by atoms with Gasteiger partial charge in [0.15, 0.2) is 0 Å². The number of fused-ring (bicyclic) bond motifs is 1. The Morgan fingerprint density at radius 2 is 1.35 bits per heavy atom. The SMILES string of the molecule is Cn1cc(-c2cc(Oc3cccc(N)c3)ccn2)cn1.Cn1cc(-c2cc(Oc3cccc(NC(=O)c4ccc5c(c4)CCO5)c3)ccn2)cn1. The van der Waals surface area contributed by atoms with E-state index >= 15 is 0 Å². The first-order valence-corrected chi connectivity index (χ1v) is 16.1. The number of ether oxygens (including phenoxy) is 3. The van der Waals surface area contributed by atoms with E-state index in [1.165, 1.54) is 0 Å².